The van der Waals surface area contributed by atoms with E-state index in [2.05, 4.69) is 0 Å². The SMILES string of the molecule is O=C(O)C[C@]1(CO)O[C@H](O[C@H]2[C@H](O)[C@@H](O)[C@H](O)O[C@@H]2CO)[C@H](O)[C@@H](O)[C@H]1O. The molecule has 13 nitrogen and oxygen atoms in total. The molecule has 0 radical (unpaired) electrons. The minimum atomic E-state index is -2.23. The summed E-state index contributed by atoms with van der Waals surface area (Å²) in [6.45, 7) is -1.83. The van der Waals surface area contributed by atoms with E-state index in [0.717, 1.165) is 0 Å². The fraction of sp³-hybridized carbons (Fsp3) is 0.929. The average molecular weight is 400 g/mol. The maximum Gasteiger partial charge on any atom is 0.306 e. The first-order valence-electron chi connectivity index (χ1n) is 8.08. The Morgan fingerprint density at radius 1 is 0.963 bits per heavy atom. The molecular formula is C14H24O13. The van der Waals surface area contributed by atoms with Crippen LogP contribution in [0.4, 0.5) is 0 Å². The van der Waals surface area contributed by atoms with Gasteiger partial charge < -0.3 is 60.2 Å². The molecule has 0 aliphatic carbocycles. The van der Waals surface area contributed by atoms with Gasteiger partial charge in [0.15, 0.2) is 12.6 Å². The van der Waals surface area contributed by atoms with Gasteiger partial charge in [-0.05, 0) is 0 Å². The third kappa shape index (κ3) is 4.23. The van der Waals surface area contributed by atoms with Crippen LogP contribution in [-0.4, -0.2) is 126 Å². The summed E-state index contributed by atoms with van der Waals surface area (Å²) in [5.41, 5.74) is -2.23. The van der Waals surface area contributed by atoms with E-state index in [4.69, 9.17) is 19.3 Å². The predicted octanol–water partition coefficient (Wildman–Crippen LogP) is -5.55. The third-order valence-electron chi connectivity index (χ3n) is 4.69. The molecule has 2 aliphatic heterocycles. The van der Waals surface area contributed by atoms with Crippen LogP contribution >= 0.6 is 0 Å². The van der Waals surface area contributed by atoms with E-state index >= 15 is 0 Å². The van der Waals surface area contributed by atoms with Crippen molar-refractivity contribution >= 4 is 5.97 Å². The van der Waals surface area contributed by atoms with E-state index < -0.39 is 86.5 Å². The Labute approximate surface area is 152 Å². The number of hydrogen-bond donors (Lipinski definition) is 9. The van der Waals surface area contributed by atoms with Gasteiger partial charge in [0, 0.05) is 0 Å². The van der Waals surface area contributed by atoms with Gasteiger partial charge >= 0.3 is 5.97 Å². The number of aliphatic hydroxyl groups is 8. The fourth-order valence-electron chi connectivity index (χ4n) is 3.12. The number of carbonyl (C=O) groups is 1. The molecule has 2 fully saturated rings. The summed E-state index contributed by atoms with van der Waals surface area (Å²) in [5.74, 6) is -1.49. The molecule has 0 unspecified atom stereocenters. The van der Waals surface area contributed by atoms with Gasteiger partial charge in [-0.25, -0.2) is 0 Å². The molecule has 2 heterocycles. The minimum absolute atomic E-state index is 0.778. The first-order chi connectivity index (χ1) is 12.6. The lowest BCUT2D eigenvalue weighted by Crippen LogP contribution is -2.68. The summed E-state index contributed by atoms with van der Waals surface area (Å²) in [7, 11) is 0. The highest BCUT2D eigenvalue weighted by molar-refractivity contribution is 5.68. The number of aliphatic carboxylic acids is 1. The molecule has 2 saturated heterocycles. The van der Waals surface area contributed by atoms with Crippen molar-refractivity contribution in [2.24, 2.45) is 0 Å². The minimum Gasteiger partial charge on any atom is -0.481 e. The van der Waals surface area contributed by atoms with Gasteiger partial charge in [-0.3, -0.25) is 4.79 Å². The fourth-order valence-corrected chi connectivity index (χ4v) is 3.12. The van der Waals surface area contributed by atoms with Crippen molar-refractivity contribution in [1.82, 2.24) is 0 Å². The van der Waals surface area contributed by atoms with Crippen LogP contribution in [0.15, 0.2) is 0 Å². The molecule has 0 saturated carbocycles. The van der Waals surface area contributed by atoms with Gasteiger partial charge in [-0.2, -0.15) is 0 Å². The molecule has 2 aliphatic rings. The van der Waals surface area contributed by atoms with Crippen LogP contribution in [0.1, 0.15) is 6.42 Å². The molecule has 0 aromatic carbocycles. The zero-order valence-corrected chi connectivity index (χ0v) is 14.0. The molecule has 0 aromatic heterocycles. The van der Waals surface area contributed by atoms with Crippen LogP contribution in [0.2, 0.25) is 0 Å². The molecule has 2 rings (SSSR count). The van der Waals surface area contributed by atoms with Crippen molar-refractivity contribution in [3.63, 3.8) is 0 Å². The lowest BCUT2D eigenvalue weighted by molar-refractivity contribution is -0.375. The largest absolute Gasteiger partial charge is 0.481 e. The van der Waals surface area contributed by atoms with Gasteiger partial charge in [-0.1, -0.05) is 0 Å². The van der Waals surface area contributed by atoms with Crippen molar-refractivity contribution in [1.29, 1.82) is 0 Å². The summed E-state index contributed by atoms with van der Waals surface area (Å²) in [5, 5.41) is 87.2. The Hall–Kier alpha value is -0.970. The van der Waals surface area contributed by atoms with Gasteiger partial charge in [0.05, 0.1) is 19.6 Å². The Morgan fingerprint density at radius 2 is 1.59 bits per heavy atom. The summed E-state index contributed by atoms with van der Waals surface area (Å²) >= 11 is 0. The quantitative estimate of drug-likeness (QED) is 0.203. The molecule has 10 atom stereocenters. The Kier molecular flexibility index (Phi) is 7.10. The number of hydrogen-bond acceptors (Lipinski definition) is 12. The topological polar surface area (TPSA) is 227 Å². The number of ether oxygens (including phenoxy) is 3. The van der Waals surface area contributed by atoms with E-state index in [1.165, 1.54) is 0 Å². The van der Waals surface area contributed by atoms with Gasteiger partial charge in [0.1, 0.15) is 48.3 Å². The zero-order valence-electron chi connectivity index (χ0n) is 14.0. The highest BCUT2D eigenvalue weighted by atomic mass is 16.7. The van der Waals surface area contributed by atoms with E-state index in [1.807, 2.05) is 0 Å². The standard InChI is InChI=1S/C14H24O13/c15-2-4-10(6(19)8(21)12(24)25-4)26-13-9(22)7(20)11(23)14(3-16,27-13)1-5(17)18/h4,6-13,15-16,19-24H,1-3H2,(H,17,18)/t4-,6-,7-,8-,9-,10-,11-,12-,13+,14-/m1/s1. The van der Waals surface area contributed by atoms with Crippen molar-refractivity contribution in [3.05, 3.63) is 0 Å². The monoisotopic (exact) mass is 400 g/mol. The highest BCUT2D eigenvalue weighted by Gasteiger charge is 2.56. The maximum absolute atomic E-state index is 11.1. The molecule has 0 bridgehead atoms. The van der Waals surface area contributed by atoms with Crippen molar-refractivity contribution in [2.45, 2.75) is 67.3 Å². The highest BCUT2D eigenvalue weighted by Crippen LogP contribution is 2.35. The Bertz CT molecular complexity index is 515. The molecule has 27 heavy (non-hydrogen) atoms. The number of aliphatic hydroxyl groups excluding tert-OH is 8. The van der Waals surface area contributed by atoms with Crippen LogP contribution in [-0.2, 0) is 19.0 Å². The molecule has 9 N–H and O–H groups in total. The normalized spacial score (nSPS) is 48.4. The third-order valence-corrected chi connectivity index (χ3v) is 4.69. The zero-order chi connectivity index (χ0) is 20.5. The Morgan fingerprint density at radius 3 is 2.11 bits per heavy atom. The molecule has 158 valence electrons. The molecule has 13 heteroatoms. The van der Waals surface area contributed by atoms with Gasteiger partial charge in [-0.15, -0.1) is 0 Å². The van der Waals surface area contributed by atoms with Gasteiger partial charge in [0.25, 0.3) is 0 Å². The summed E-state index contributed by atoms with van der Waals surface area (Å²) in [6, 6.07) is 0. The molecule has 0 aromatic rings. The predicted molar refractivity (Wildman–Crippen MR) is 79.8 cm³/mol. The van der Waals surface area contributed by atoms with Crippen LogP contribution in [0.25, 0.3) is 0 Å². The number of carboxylic acid groups (broad SMARTS) is 1. The lowest BCUT2D eigenvalue weighted by Gasteiger charge is -2.49. The first kappa shape index (κ1) is 22.3. The van der Waals surface area contributed by atoms with Crippen molar-refractivity contribution < 1.29 is 65.0 Å². The first-order valence-corrected chi connectivity index (χ1v) is 8.08. The van der Waals surface area contributed by atoms with Crippen LogP contribution in [0, 0.1) is 0 Å². The van der Waals surface area contributed by atoms with Crippen molar-refractivity contribution in [2.75, 3.05) is 13.2 Å². The second-order valence-electron chi connectivity index (χ2n) is 6.54. The van der Waals surface area contributed by atoms with E-state index in [1.54, 1.807) is 0 Å². The number of rotatable bonds is 6. The van der Waals surface area contributed by atoms with Crippen LogP contribution in [0.5, 0.6) is 0 Å². The van der Waals surface area contributed by atoms with Crippen molar-refractivity contribution in [3.8, 4) is 0 Å². The molecular weight excluding hydrogens is 376 g/mol. The smallest absolute Gasteiger partial charge is 0.306 e. The van der Waals surface area contributed by atoms with Crippen LogP contribution in [0.3, 0.4) is 0 Å². The average Bonchev–Trinajstić information content (AvgIpc) is 2.63. The van der Waals surface area contributed by atoms with E-state index in [9.17, 15) is 45.6 Å². The van der Waals surface area contributed by atoms with E-state index in [-0.39, 0.29) is 0 Å². The second kappa shape index (κ2) is 8.59. The van der Waals surface area contributed by atoms with Crippen LogP contribution < -0.4 is 0 Å². The summed E-state index contributed by atoms with van der Waals surface area (Å²) in [4.78, 5) is 11.1. The lowest BCUT2D eigenvalue weighted by atomic mass is 9.84. The Balaban J connectivity index is 2.26. The van der Waals surface area contributed by atoms with Gasteiger partial charge in [0.2, 0.25) is 0 Å². The molecule has 0 amide bonds. The maximum atomic E-state index is 11.1. The summed E-state index contributed by atoms with van der Waals surface area (Å²) in [6.07, 6.45) is -17.2. The number of carboxylic acids is 1. The molecule has 0 spiro atoms. The summed E-state index contributed by atoms with van der Waals surface area (Å²) < 4.78 is 15.4. The second-order valence-corrected chi connectivity index (χ2v) is 6.54. The van der Waals surface area contributed by atoms with E-state index in [0.29, 0.717) is 0 Å².